The molecule has 0 bridgehead atoms. The molecule has 0 spiro atoms. The van der Waals surface area contributed by atoms with Crippen molar-refractivity contribution in [3.63, 3.8) is 0 Å². The molecule has 176 valence electrons. The Hall–Kier alpha value is -3.95. The lowest BCUT2D eigenvalue weighted by molar-refractivity contribution is -0.139. The highest BCUT2D eigenvalue weighted by atomic mass is 19.4. The van der Waals surface area contributed by atoms with Crippen LogP contribution in [0.1, 0.15) is 32.0 Å². The lowest BCUT2D eigenvalue weighted by Gasteiger charge is -2.19. The van der Waals surface area contributed by atoms with E-state index in [4.69, 9.17) is 0 Å². The molecule has 0 fully saturated rings. The number of nitrogens with one attached hydrogen (secondary N) is 3. The quantitative estimate of drug-likeness (QED) is 0.290. The Bertz CT molecular complexity index is 1350. The lowest BCUT2D eigenvalue weighted by Crippen LogP contribution is -2.21. The topological polar surface area (TPSA) is 82.7 Å². The molecule has 0 saturated carbocycles. The summed E-state index contributed by atoms with van der Waals surface area (Å²) >= 11 is 0. The Morgan fingerprint density at radius 2 is 1.71 bits per heavy atom. The van der Waals surface area contributed by atoms with Crippen molar-refractivity contribution < 1.29 is 22.4 Å². The molecule has 34 heavy (non-hydrogen) atoms. The maximum Gasteiger partial charge on any atom is 0.419 e. The molecule has 0 aliphatic heterocycles. The van der Waals surface area contributed by atoms with Gasteiger partial charge in [0.1, 0.15) is 0 Å². The molecule has 2 aromatic carbocycles. The van der Waals surface area contributed by atoms with Crippen molar-refractivity contribution in [2.24, 2.45) is 0 Å². The average molecular weight is 471 g/mol. The number of rotatable bonds is 3. The Labute approximate surface area is 192 Å². The largest absolute Gasteiger partial charge is 0.419 e. The van der Waals surface area contributed by atoms with E-state index in [1.807, 2.05) is 6.07 Å². The van der Waals surface area contributed by atoms with E-state index in [0.29, 0.717) is 17.4 Å². The predicted octanol–water partition coefficient (Wildman–Crippen LogP) is 6.72. The molecule has 0 saturated heterocycles. The minimum absolute atomic E-state index is 0.188. The van der Waals surface area contributed by atoms with Gasteiger partial charge >= 0.3 is 12.2 Å². The van der Waals surface area contributed by atoms with Crippen LogP contribution in [-0.4, -0.2) is 21.2 Å². The molecule has 3 N–H and O–H groups in total. The molecule has 2 heterocycles. The highest BCUT2D eigenvalue weighted by Crippen LogP contribution is 2.34. The van der Waals surface area contributed by atoms with Crippen LogP contribution in [0.15, 0.2) is 54.7 Å². The Morgan fingerprint density at radius 3 is 2.35 bits per heavy atom. The van der Waals surface area contributed by atoms with Gasteiger partial charge in [-0.15, -0.1) is 0 Å². The van der Waals surface area contributed by atoms with Gasteiger partial charge in [0.25, 0.3) is 0 Å². The maximum absolute atomic E-state index is 14.2. The molecule has 0 unspecified atom stereocenters. The number of pyridine rings is 1. The first-order chi connectivity index (χ1) is 15.9. The number of hydrogen-bond acceptors (Lipinski definition) is 3. The summed E-state index contributed by atoms with van der Waals surface area (Å²) in [5, 5.41) is 12.4. The molecular weight excluding hydrogens is 450 g/mol. The first kappa shape index (κ1) is 23.2. The summed E-state index contributed by atoms with van der Waals surface area (Å²) in [6.45, 7) is 6.17. The van der Waals surface area contributed by atoms with Crippen molar-refractivity contribution in [2.75, 3.05) is 10.6 Å². The molecule has 10 heteroatoms. The number of carbonyl (C=O) groups excluding carboxylic acids is 1. The second-order valence-electron chi connectivity index (χ2n) is 8.76. The number of urea groups is 1. The van der Waals surface area contributed by atoms with E-state index >= 15 is 0 Å². The first-order valence-corrected chi connectivity index (χ1v) is 10.3. The number of carbonyl (C=O) groups is 1. The van der Waals surface area contributed by atoms with Crippen LogP contribution in [0.25, 0.3) is 22.2 Å². The van der Waals surface area contributed by atoms with E-state index in [1.54, 1.807) is 30.5 Å². The summed E-state index contributed by atoms with van der Waals surface area (Å²) < 4.78 is 52.8. The van der Waals surface area contributed by atoms with Gasteiger partial charge in [-0.1, -0.05) is 39.0 Å². The van der Waals surface area contributed by atoms with Crippen LogP contribution in [-0.2, 0) is 11.6 Å². The van der Waals surface area contributed by atoms with E-state index in [0.717, 1.165) is 34.3 Å². The fourth-order valence-electron chi connectivity index (χ4n) is 3.42. The van der Waals surface area contributed by atoms with Gasteiger partial charge in [-0.05, 0) is 41.5 Å². The lowest BCUT2D eigenvalue weighted by atomic mass is 9.89. The smallest absolute Gasteiger partial charge is 0.308 e. The number of aromatic amines is 1. The summed E-state index contributed by atoms with van der Waals surface area (Å²) in [7, 11) is 0. The molecule has 2 amide bonds. The summed E-state index contributed by atoms with van der Waals surface area (Å²) in [6, 6.07) is 10.7. The zero-order valence-corrected chi connectivity index (χ0v) is 18.5. The van der Waals surface area contributed by atoms with Gasteiger partial charge in [-0.2, -0.15) is 18.3 Å². The highest BCUT2D eigenvalue weighted by molar-refractivity contribution is 6.00. The van der Waals surface area contributed by atoms with Crippen molar-refractivity contribution in [1.82, 2.24) is 15.2 Å². The number of hydrogen-bond donors (Lipinski definition) is 3. The van der Waals surface area contributed by atoms with Crippen LogP contribution in [0.4, 0.5) is 33.7 Å². The monoisotopic (exact) mass is 471 g/mol. The summed E-state index contributed by atoms with van der Waals surface area (Å²) in [5.74, 6) is -1.54. The fourth-order valence-corrected chi connectivity index (χ4v) is 3.42. The third-order valence-corrected chi connectivity index (χ3v) is 5.20. The van der Waals surface area contributed by atoms with Crippen LogP contribution < -0.4 is 10.6 Å². The van der Waals surface area contributed by atoms with Crippen LogP contribution in [0.2, 0.25) is 0 Å². The third kappa shape index (κ3) is 4.70. The molecule has 0 atom stereocenters. The Kier molecular flexibility index (Phi) is 5.76. The standard InChI is InChI=1S/C24H21F4N5O/c1-23(2,3)19-11-15(16-12-29-33-21(16)32-19)13-7-9-14(10-8-13)30-22(34)31-18-6-4-5-17(20(18)25)24(26,27)28/h4-12H,1-3H3,(H,29,32,33)(H2,30,31,34). The zero-order chi connectivity index (χ0) is 24.7. The molecule has 4 aromatic rings. The Balaban J connectivity index is 1.55. The van der Waals surface area contributed by atoms with Gasteiger partial charge in [0.15, 0.2) is 11.5 Å². The molecule has 0 aliphatic rings. The SMILES string of the molecule is CC(C)(C)c1cc(-c2ccc(NC(=O)Nc3cccc(C(F)(F)F)c3F)cc2)c2cn[nH]c2n1. The normalized spacial score (nSPS) is 12.1. The third-order valence-electron chi connectivity index (χ3n) is 5.20. The molecule has 2 aromatic heterocycles. The van der Waals surface area contributed by atoms with Crippen LogP contribution >= 0.6 is 0 Å². The van der Waals surface area contributed by atoms with Crippen molar-refractivity contribution >= 4 is 28.4 Å². The van der Waals surface area contributed by atoms with Crippen molar-refractivity contribution in [3.05, 3.63) is 71.8 Å². The first-order valence-electron chi connectivity index (χ1n) is 10.3. The van der Waals surface area contributed by atoms with Gasteiger partial charge < -0.3 is 10.6 Å². The van der Waals surface area contributed by atoms with Crippen molar-refractivity contribution in [1.29, 1.82) is 0 Å². The predicted molar refractivity (Wildman–Crippen MR) is 122 cm³/mol. The van der Waals surface area contributed by atoms with Crippen LogP contribution in [0.3, 0.4) is 0 Å². The average Bonchev–Trinajstić information content (AvgIpc) is 3.22. The molecule has 6 nitrogen and oxygen atoms in total. The molecule has 0 aliphatic carbocycles. The fraction of sp³-hybridized carbons (Fsp3) is 0.208. The number of fused-ring (bicyclic) bond motifs is 1. The second-order valence-corrected chi connectivity index (χ2v) is 8.76. The van der Waals surface area contributed by atoms with Crippen molar-refractivity contribution in [2.45, 2.75) is 32.4 Å². The van der Waals surface area contributed by atoms with E-state index in [-0.39, 0.29) is 5.41 Å². The van der Waals surface area contributed by atoms with Gasteiger partial charge in [0.2, 0.25) is 0 Å². The van der Waals surface area contributed by atoms with Crippen LogP contribution in [0.5, 0.6) is 0 Å². The number of amides is 2. The number of benzene rings is 2. The minimum atomic E-state index is -4.87. The van der Waals surface area contributed by atoms with Gasteiger partial charge in [-0.25, -0.2) is 14.2 Å². The van der Waals surface area contributed by atoms with E-state index in [9.17, 15) is 22.4 Å². The number of aromatic nitrogens is 3. The number of halogens is 4. The van der Waals surface area contributed by atoms with Gasteiger partial charge in [-0.3, -0.25) is 5.10 Å². The van der Waals surface area contributed by atoms with E-state index in [2.05, 4.69) is 46.6 Å². The van der Waals surface area contributed by atoms with Crippen molar-refractivity contribution in [3.8, 4) is 11.1 Å². The Morgan fingerprint density at radius 1 is 1.00 bits per heavy atom. The second kappa shape index (κ2) is 8.44. The summed E-state index contributed by atoms with van der Waals surface area (Å²) in [5.41, 5.74) is 1.47. The minimum Gasteiger partial charge on any atom is -0.308 e. The zero-order valence-electron chi connectivity index (χ0n) is 18.5. The van der Waals surface area contributed by atoms with Gasteiger partial charge in [0, 0.05) is 22.2 Å². The number of anilines is 2. The molecule has 4 rings (SSSR count). The molecule has 0 radical (unpaired) electrons. The highest BCUT2D eigenvalue weighted by Gasteiger charge is 2.35. The number of alkyl halides is 3. The number of nitrogens with zero attached hydrogens (tertiary/aromatic N) is 2. The van der Waals surface area contributed by atoms with Crippen LogP contribution in [0, 0.1) is 5.82 Å². The number of H-pyrrole nitrogens is 1. The van der Waals surface area contributed by atoms with E-state index < -0.39 is 29.3 Å². The summed E-state index contributed by atoms with van der Waals surface area (Å²) in [6.07, 6.45) is -3.18. The molecular formula is C24H21F4N5O. The maximum atomic E-state index is 14.2. The van der Waals surface area contributed by atoms with Gasteiger partial charge in [0.05, 0.1) is 17.4 Å². The van der Waals surface area contributed by atoms with E-state index in [1.165, 1.54) is 0 Å². The summed E-state index contributed by atoms with van der Waals surface area (Å²) in [4.78, 5) is 16.9.